The van der Waals surface area contributed by atoms with E-state index in [4.69, 9.17) is 0 Å². The molecule has 1 atom stereocenters. The summed E-state index contributed by atoms with van der Waals surface area (Å²) in [5.74, 6) is 0.394. The summed E-state index contributed by atoms with van der Waals surface area (Å²) in [5, 5.41) is 0. The molecule has 0 radical (unpaired) electrons. The van der Waals surface area contributed by atoms with Crippen LogP contribution in [0.1, 0.15) is 43.2 Å². The molecular weight excluding hydrogens is 276 g/mol. The molecule has 2 aliphatic rings. The molecule has 22 heavy (non-hydrogen) atoms. The number of rotatable bonds is 4. The van der Waals surface area contributed by atoms with Crippen molar-refractivity contribution in [2.75, 3.05) is 13.1 Å². The molecule has 3 rings (SSSR count). The van der Waals surface area contributed by atoms with Gasteiger partial charge in [-0.1, -0.05) is 29.8 Å². The lowest BCUT2D eigenvalue weighted by molar-refractivity contribution is -0.133. The molecule has 118 valence electrons. The minimum Gasteiger partial charge on any atom is -0.343 e. The van der Waals surface area contributed by atoms with Crippen LogP contribution in [0.3, 0.4) is 0 Å². The van der Waals surface area contributed by atoms with Crippen molar-refractivity contribution in [1.29, 1.82) is 0 Å². The molecule has 2 saturated heterocycles. The lowest BCUT2D eigenvalue weighted by Gasteiger charge is -2.26. The summed E-state index contributed by atoms with van der Waals surface area (Å²) in [6.07, 6.45) is 4.09. The lowest BCUT2D eigenvalue weighted by Crippen LogP contribution is -2.38. The quantitative estimate of drug-likeness (QED) is 0.857. The second kappa shape index (κ2) is 6.51. The van der Waals surface area contributed by atoms with Gasteiger partial charge in [0.15, 0.2) is 0 Å². The molecule has 2 aliphatic heterocycles. The SMILES string of the molecule is Cc1ccc(CN2C(=O)CC[C@H]2CC(=O)N2CCCC2)cc1. The molecule has 0 saturated carbocycles. The van der Waals surface area contributed by atoms with Crippen molar-refractivity contribution in [2.24, 2.45) is 0 Å². The molecule has 2 amide bonds. The average Bonchev–Trinajstić information content (AvgIpc) is 3.14. The summed E-state index contributed by atoms with van der Waals surface area (Å²) in [5.41, 5.74) is 2.36. The van der Waals surface area contributed by atoms with Crippen LogP contribution in [0, 0.1) is 6.92 Å². The van der Waals surface area contributed by atoms with Crippen molar-refractivity contribution in [2.45, 2.75) is 51.6 Å². The van der Waals surface area contributed by atoms with Crippen LogP contribution in [0.5, 0.6) is 0 Å². The van der Waals surface area contributed by atoms with Gasteiger partial charge in [0, 0.05) is 38.5 Å². The minimum absolute atomic E-state index is 0.0712. The van der Waals surface area contributed by atoms with E-state index in [-0.39, 0.29) is 17.9 Å². The van der Waals surface area contributed by atoms with Gasteiger partial charge in [0.2, 0.25) is 11.8 Å². The molecule has 1 aromatic rings. The average molecular weight is 300 g/mol. The zero-order valence-corrected chi connectivity index (χ0v) is 13.3. The van der Waals surface area contributed by atoms with Gasteiger partial charge in [-0.2, -0.15) is 0 Å². The molecule has 0 bridgehead atoms. The van der Waals surface area contributed by atoms with Crippen LogP contribution in [0.2, 0.25) is 0 Å². The highest BCUT2D eigenvalue weighted by Crippen LogP contribution is 2.25. The van der Waals surface area contributed by atoms with Crippen LogP contribution in [0.25, 0.3) is 0 Å². The molecule has 0 aliphatic carbocycles. The third-order valence-electron chi connectivity index (χ3n) is 4.80. The number of amides is 2. The van der Waals surface area contributed by atoms with Gasteiger partial charge in [-0.25, -0.2) is 0 Å². The maximum atomic E-state index is 12.3. The minimum atomic E-state index is 0.0712. The number of aryl methyl sites for hydroxylation is 1. The van der Waals surface area contributed by atoms with Crippen LogP contribution < -0.4 is 0 Å². The molecule has 0 aromatic heterocycles. The summed E-state index contributed by atoms with van der Waals surface area (Å²) in [7, 11) is 0. The van der Waals surface area contributed by atoms with Crippen LogP contribution in [0.15, 0.2) is 24.3 Å². The normalized spacial score (nSPS) is 21.7. The number of carbonyl (C=O) groups excluding carboxylic acids is 2. The Labute approximate surface area is 132 Å². The van der Waals surface area contributed by atoms with Crippen LogP contribution in [-0.2, 0) is 16.1 Å². The largest absolute Gasteiger partial charge is 0.343 e. The summed E-state index contributed by atoms with van der Waals surface area (Å²) in [6, 6.07) is 8.35. The predicted octanol–water partition coefficient (Wildman–Crippen LogP) is 2.50. The third kappa shape index (κ3) is 3.32. The van der Waals surface area contributed by atoms with Gasteiger partial charge in [-0.05, 0) is 31.7 Å². The number of carbonyl (C=O) groups is 2. The highest BCUT2D eigenvalue weighted by molar-refractivity contribution is 5.82. The highest BCUT2D eigenvalue weighted by Gasteiger charge is 2.33. The van der Waals surface area contributed by atoms with E-state index >= 15 is 0 Å². The van der Waals surface area contributed by atoms with Gasteiger partial charge in [0.1, 0.15) is 0 Å². The summed E-state index contributed by atoms with van der Waals surface area (Å²) in [4.78, 5) is 28.4. The van der Waals surface area contributed by atoms with Crippen molar-refractivity contribution >= 4 is 11.8 Å². The zero-order valence-electron chi connectivity index (χ0n) is 13.3. The van der Waals surface area contributed by atoms with Crippen molar-refractivity contribution in [1.82, 2.24) is 9.80 Å². The number of hydrogen-bond acceptors (Lipinski definition) is 2. The fraction of sp³-hybridized carbons (Fsp3) is 0.556. The fourth-order valence-corrected chi connectivity index (χ4v) is 3.41. The molecule has 4 nitrogen and oxygen atoms in total. The Kier molecular flexibility index (Phi) is 4.46. The zero-order chi connectivity index (χ0) is 15.5. The number of nitrogens with zero attached hydrogens (tertiary/aromatic N) is 2. The van der Waals surface area contributed by atoms with E-state index in [1.807, 2.05) is 9.80 Å². The Hall–Kier alpha value is -1.84. The Bertz CT molecular complexity index is 547. The van der Waals surface area contributed by atoms with E-state index in [1.54, 1.807) is 0 Å². The molecule has 4 heteroatoms. The standard InChI is InChI=1S/C18H24N2O2/c1-14-4-6-15(7-5-14)13-20-16(8-9-17(20)21)12-18(22)19-10-2-3-11-19/h4-7,16H,2-3,8-13H2,1H3/t16-/m0/s1. The van der Waals surface area contributed by atoms with Gasteiger partial charge < -0.3 is 9.80 Å². The number of benzene rings is 1. The second-order valence-electron chi connectivity index (χ2n) is 6.49. The number of likely N-dealkylation sites (tertiary alicyclic amines) is 2. The Morgan fingerprint density at radius 1 is 1.18 bits per heavy atom. The van der Waals surface area contributed by atoms with Crippen molar-refractivity contribution in [3.63, 3.8) is 0 Å². The Balaban J connectivity index is 1.64. The molecular formula is C18H24N2O2. The van der Waals surface area contributed by atoms with E-state index in [0.29, 0.717) is 19.4 Å². The first kappa shape index (κ1) is 15.1. The monoisotopic (exact) mass is 300 g/mol. The summed E-state index contributed by atoms with van der Waals surface area (Å²) in [6.45, 7) is 4.45. The van der Waals surface area contributed by atoms with Crippen molar-refractivity contribution in [3.8, 4) is 0 Å². The van der Waals surface area contributed by atoms with E-state index in [1.165, 1.54) is 5.56 Å². The highest BCUT2D eigenvalue weighted by atomic mass is 16.2. The first-order valence-corrected chi connectivity index (χ1v) is 8.26. The van der Waals surface area contributed by atoms with Gasteiger partial charge in [0.05, 0.1) is 0 Å². The van der Waals surface area contributed by atoms with E-state index in [9.17, 15) is 9.59 Å². The van der Waals surface area contributed by atoms with E-state index < -0.39 is 0 Å². The van der Waals surface area contributed by atoms with Crippen LogP contribution in [-0.4, -0.2) is 40.7 Å². The van der Waals surface area contributed by atoms with Gasteiger partial charge in [-0.3, -0.25) is 9.59 Å². The van der Waals surface area contributed by atoms with Crippen LogP contribution in [0.4, 0.5) is 0 Å². The van der Waals surface area contributed by atoms with Crippen LogP contribution >= 0.6 is 0 Å². The van der Waals surface area contributed by atoms with E-state index in [2.05, 4.69) is 31.2 Å². The van der Waals surface area contributed by atoms with Gasteiger partial charge in [0.25, 0.3) is 0 Å². The fourth-order valence-electron chi connectivity index (χ4n) is 3.41. The third-order valence-corrected chi connectivity index (χ3v) is 4.80. The molecule has 0 spiro atoms. The summed E-state index contributed by atoms with van der Waals surface area (Å²) >= 11 is 0. The molecule has 0 N–H and O–H groups in total. The molecule has 1 aromatic carbocycles. The summed E-state index contributed by atoms with van der Waals surface area (Å²) < 4.78 is 0. The Morgan fingerprint density at radius 3 is 2.55 bits per heavy atom. The van der Waals surface area contributed by atoms with Gasteiger partial charge in [-0.15, -0.1) is 0 Å². The molecule has 2 heterocycles. The van der Waals surface area contributed by atoms with Crippen molar-refractivity contribution in [3.05, 3.63) is 35.4 Å². The maximum Gasteiger partial charge on any atom is 0.224 e. The molecule has 0 unspecified atom stereocenters. The lowest BCUT2D eigenvalue weighted by atomic mass is 10.1. The first-order chi connectivity index (χ1) is 10.6. The Morgan fingerprint density at radius 2 is 1.86 bits per heavy atom. The maximum absolute atomic E-state index is 12.3. The first-order valence-electron chi connectivity index (χ1n) is 8.26. The number of hydrogen-bond donors (Lipinski definition) is 0. The second-order valence-corrected chi connectivity index (χ2v) is 6.49. The predicted molar refractivity (Wildman–Crippen MR) is 85.2 cm³/mol. The smallest absolute Gasteiger partial charge is 0.224 e. The van der Waals surface area contributed by atoms with Gasteiger partial charge >= 0.3 is 0 Å². The molecule has 2 fully saturated rings. The topological polar surface area (TPSA) is 40.6 Å². The van der Waals surface area contributed by atoms with Crippen molar-refractivity contribution < 1.29 is 9.59 Å². The van der Waals surface area contributed by atoms with E-state index in [0.717, 1.165) is 37.9 Å².